The topological polar surface area (TPSA) is 29.5 Å². The van der Waals surface area contributed by atoms with Crippen LogP contribution in [0.1, 0.15) is 34.6 Å². The molecule has 0 rings (SSSR count). The van der Waals surface area contributed by atoms with Crippen LogP contribution in [0.2, 0.25) is 18.1 Å². The summed E-state index contributed by atoms with van der Waals surface area (Å²) in [7, 11) is -1.51. The second kappa shape index (κ2) is 8.06. The van der Waals surface area contributed by atoms with Crippen molar-refractivity contribution in [2.75, 3.05) is 6.61 Å². The van der Waals surface area contributed by atoms with Gasteiger partial charge in [0, 0.05) is 18.4 Å². The standard InChI is InChI=1S/C14H30O2Si/c1-7-12(5)14(15)13(6)11-16-17(8-2,9-3)10-4/h7,12-15H,1,8-11H2,2-6H3/t12-,13+,14-/m1/s1. The molecule has 0 amide bonds. The van der Waals surface area contributed by atoms with Crippen LogP contribution < -0.4 is 0 Å². The average Bonchev–Trinajstić information content (AvgIpc) is 2.38. The molecule has 0 aromatic carbocycles. The maximum absolute atomic E-state index is 10.1. The van der Waals surface area contributed by atoms with E-state index in [1.165, 1.54) is 18.1 Å². The zero-order valence-electron chi connectivity index (χ0n) is 12.2. The fraction of sp³-hybridized carbons (Fsp3) is 0.857. The van der Waals surface area contributed by atoms with Gasteiger partial charge in [-0.15, -0.1) is 6.58 Å². The smallest absolute Gasteiger partial charge is 0.191 e. The van der Waals surface area contributed by atoms with Gasteiger partial charge in [-0.05, 0) is 18.1 Å². The van der Waals surface area contributed by atoms with Gasteiger partial charge in [0.15, 0.2) is 8.32 Å². The SMILES string of the molecule is C=C[C@@H](C)[C@@H](O)[C@@H](C)CO[Si](CC)(CC)CC. The quantitative estimate of drug-likeness (QED) is 0.503. The van der Waals surface area contributed by atoms with E-state index in [0.717, 1.165) is 0 Å². The number of aliphatic hydroxyl groups excluding tert-OH is 1. The van der Waals surface area contributed by atoms with E-state index in [4.69, 9.17) is 4.43 Å². The Morgan fingerprint density at radius 2 is 1.65 bits per heavy atom. The highest BCUT2D eigenvalue weighted by Crippen LogP contribution is 2.24. The monoisotopic (exact) mass is 258 g/mol. The summed E-state index contributed by atoms with van der Waals surface area (Å²) in [5, 5.41) is 10.1. The van der Waals surface area contributed by atoms with Crippen molar-refractivity contribution >= 4 is 8.32 Å². The number of rotatable bonds is 9. The molecular weight excluding hydrogens is 228 g/mol. The summed E-state index contributed by atoms with van der Waals surface area (Å²) in [6.45, 7) is 15.2. The predicted octanol–water partition coefficient (Wildman–Crippen LogP) is 3.83. The van der Waals surface area contributed by atoms with Gasteiger partial charge in [-0.3, -0.25) is 0 Å². The van der Waals surface area contributed by atoms with Crippen molar-refractivity contribution in [2.45, 2.75) is 58.9 Å². The van der Waals surface area contributed by atoms with Crippen LogP contribution in [0.3, 0.4) is 0 Å². The summed E-state index contributed by atoms with van der Waals surface area (Å²) in [6.07, 6.45) is 1.47. The van der Waals surface area contributed by atoms with Crippen molar-refractivity contribution in [3.63, 3.8) is 0 Å². The molecule has 1 N–H and O–H groups in total. The summed E-state index contributed by atoms with van der Waals surface area (Å²) in [5.74, 6) is 0.314. The van der Waals surface area contributed by atoms with Crippen LogP contribution in [-0.4, -0.2) is 26.1 Å². The Morgan fingerprint density at radius 1 is 1.18 bits per heavy atom. The van der Waals surface area contributed by atoms with Crippen molar-refractivity contribution in [3.05, 3.63) is 12.7 Å². The second-order valence-electron chi connectivity index (χ2n) is 5.12. The Bertz CT molecular complexity index is 206. The lowest BCUT2D eigenvalue weighted by atomic mass is 9.94. The molecule has 0 aromatic rings. The van der Waals surface area contributed by atoms with Crippen molar-refractivity contribution in [1.82, 2.24) is 0 Å². The molecule has 2 nitrogen and oxygen atoms in total. The maximum Gasteiger partial charge on any atom is 0.191 e. The van der Waals surface area contributed by atoms with Gasteiger partial charge in [-0.25, -0.2) is 0 Å². The van der Waals surface area contributed by atoms with E-state index < -0.39 is 8.32 Å². The summed E-state index contributed by atoms with van der Waals surface area (Å²) < 4.78 is 6.20. The van der Waals surface area contributed by atoms with Crippen LogP contribution in [0.25, 0.3) is 0 Å². The number of hydrogen-bond donors (Lipinski definition) is 1. The van der Waals surface area contributed by atoms with Crippen LogP contribution in [0.4, 0.5) is 0 Å². The van der Waals surface area contributed by atoms with Gasteiger partial charge >= 0.3 is 0 Å². The molecule has 0 saturated heterocycles. The third-order valence-electron chi connectivity index (χ3n) is 4.08. The first kappa shape index (κ1) is 16.9. The summed E-state index contributed by atoms with van der Waals surface area (Å²) in [6, 6.07) is 3.50. The molecule has 3 heteroatoms. The first-order chi connectivity index (χ1) is 7.96. The molecule has 0 aliphatic carbocycles. The molecule has 3 atom stereocenters. The first-order valence-electron chi connectivity index (χ1n) is 6.90. The molecule has 0 aliphatic rings. The molecule has 0 fully saturated rings. The largest absolute Gasteiger partial charge is 0.416 e. The second-order valence-corrected chi connectivity index (χ2v) is 9.89. The van der Waals surface area contributed by atoms with Crippen LogP contribution >= 0.6 is 0 Å². The van der Waals surface area contributed by atoms with Crippen LogP contribution in [0.15, 0.2) is 12.7 Å². The minimum atomic E-state index is -1.51. The maximum atomic E-state index is 10.1. The Kier molecular flexibility index (Phi) is 8.00. The molecule has 0 bridgehead atoms. The summed E-state index contributed by atoms with van der Waals surface area (Å²) in [4.78, 5) is 0. The molecule has 0 radical (unpaired) electrons. The van der Waals surface area contributed by atoms with E-state index in [9.17, 15) is 5.11 Å². The Morgan fingerprint density at radius 3 is 2.00 bits per heavy atom. The third-order valence-corrected chi connectivity index (χ3v) is 8.72. The highest BCUT2D eigenvalue weighted by molar-refractivity contribution is 6.73. The number of hydrogen-bond acceptors (Lipinski definition) is 2. The lowest BCUT2D eigenvalue weighted by Gasteiger charge is -2.31. The molecule has 0 spiro atoms. The summed E-state index contributed by atoms with van der Waals surface area (Å²) in [5.41, 5.74) is 0. The minimum absolute atomic E-state index is 0.134. The molecule has 0 saturated carbocycles. The van der Waals surface area contributed by atoms with Crippen molar-refractivity contribution in [3.8, 4) is 0 Å². The Labute approximate surface area is 108 Å². The van der Waals surface area contributed by atoms with E-state index in [2.05, 4.69) is 34.3 Å². The number of aliphatic hydroxyl groups is 1. The highest BCUT2D eigenvalue weighted by Gasteiger charge is 2.30. The highest BCUT2D eigenvalue weighted by atomic mass is 28.4. The predicted molar refractivity (Wildman–Crippen MR) is 77.7 cm³/mol. The van der Waals surface area contributed by atoms with Crippen LogP contribution in [0, 0.1) is 11.8 Å². The zero-order chi connectivity index (χ0) is 13.5. The van der Waals surface area contributed by atoms with Gasteiger partial charge in [0.2, 0.25) is 0 Å². The van der Waals surface area contributed by atoms with E-state index in [-0.39, 0.29) is 17.9 Å². The molecule has 17 heavy (non-hydrogen) atoms. The van der Waals surface area contributed by atoms with Crippen LogP contribution in [0.5, 0.6) is 0 Å². The van der Waals surface area contributed by atoms with Gasteiger partial charge in [0.05, 0.1) is 6.10 Å². The normalized spacial score (nSPS) is 17.5. The summed E-state index contributed by atoms with van der Waals surface area (Å²) >= 11 is 0. The van der Waals surface area contributed by atoms with E-state index in [0.29, 0.717) is 6.61 Å². The van der Waals surface area contributed by atoms with E-state index >= 15 is 0 Å². The molecule has 0 aromatic heterocycles. The lowest BCUT2D eigenvalue weighted by molar-refractivity contribution is 0.0547. The van der Waals surface area contributed by atoms with E-state index in [1.54, 1.807) is 0 Å². The van der Waals surface area contributed by atoms with Crippen molar-refractivity contribution in [2.24, 2.45) is 11.8 Å². The van der Waals surface area contributed by atoms with Gasteiger partial charge in [0.25, 0.3) is 0 Å². The van der Waals surface area contributed by atoms with Crippen LogP contribution in [-0.2, 0) is 4.43 Å². The fourth-order valence-electron chi connectivity index (χ4n) is 2.12. The Balaban J connectivity index is 4.30. The van der Waals surface area contributed by atoms with Gasteiger partial charge < -0.3 is 9.53 Å². The van der Waals surface area contributed by atoms with E-state index in [1.807, 2.05) is 13.0 Å². The van der Waals surface area contributed by atoms with Crippen molar-refractivity contribution < 1.29 is 9.53 Å². The first-order valence-corrected chi connectivity index (χ1v) is 9.43. The minimum Gasteiger partial charge on any atom is -0.416 e. The third kappa shape index (κ3) is 4.94. The lowest BCUT2D eigenvalue weighted by Crippen LogP contribution is -2.39. The van der Waals surface area contributed by atoms with Gasteiger partial charge in [-0.2, -0.15) is 0 Å². The molecule has 102 valence electrons. The Hall–Kier alpha value is -0.123. The van der Waals surface area contributed by atoms with Crippen molar-refractivity contribution in [1.29, 1.82) is 0 Å². The van der Waals surface area contributed by atoms with Gasteiger partial charge in [-0.1, -0.05) is 40.7 Å². The molecule has 0 unspecified atom stereocenters. The molecular formula is C14H30O2Si. The van der Waals surface area contributed by atoms with Gasteiger partial charge in [0.1, 0.15) is 0 Å². The zero-order valence-corrected chi connectivity index (χ0v) is 13.2. The molecule has 0 aliphatic heterocycles. The molecule has 0 heterocycles. The average molecular weight is 258 g/mol. The fourth-order valence-corrected chi connectivity index (χ4v) is 4.85.